The van der Waals surface area contributed by atoms with Crippen LogP contribution in [0.5, 0.6) is 0 Å². The van der Waals surface area contributed by atoms with Gasteiger partial charge in [0.25, 0.3) is 0 Å². The van der Waals surface area contributed by atoms with E-state index in [1.54, 1.807) is 34.0 Å². The zero-order chi connectivity index (χ0) is 26.6. The number of hydrogen-bond acceptors (Lipinski definition) is 6. The molecule has 0 unspecified atom stereocenters. The minimum absolute atomic E-state index is 0.128. The third-order valence-electron chi connectivity index (χ3n) is 6.84. The summed E-state index contributed by atoms with van der Waals surface area (Å²) in [5.74, 6) is 0.774. The Morgan fingerprint density at radius 1 is 1.08 bits per heavy atom. The van der Waals surface area contributed by atoms with E-state index < -0.39 is 17.9 Å². The van der Waals surface area contributed by atoms with Crippen LogP contribution in [0.3, 0.4) is 0 Å². The molecule has 2 aliphatic heterocycles. The van der Waals surface area contributed by atoms with Gasteiger partial charge >= 0.3 is 12.2 Å². The maximum Gasteiger partial charge on any atom is 0.433 e. The number of pyridine rings is 3. The number of anilines is 3. The number of carbonyl (C=O) groups is 1. The van der Waals surface area contributed by atoms with Gasteiger partial charge in [-0.3, -0.25) is 19.9 Å². The average molecular weight is 521 g/mol. The Labute approximate surface area is 216 Å². The van der Waals surface area contributed by atoms with E-state index in [-0.39, 0.29) is 11.6 Å². The van der Waals surface area contributed by atoms with Crippen molar-refractivity contribution in [2.24, 2.45) is 7.05 Å². The number of aryl methyl sites for hydroxylation is 2. The van der Waals surface area contributed by atoms with Crippen LogP contribution in [0.15, 0.2) is 55.0 Å². The van der Waals surface area contributed by atoms with E-state index in [9.17, 15) is 18.0 Å². The molecule has 0 spiro atoms. The summed E-state index contributed by atoms with van der Waals surface area (Å²) in [6, 6.07) is 9.02. The predicted octanol–water partition coefficient (Wildman–Crippen LogP) is 4.90. The number of amides is 2. The fraction of sp³-hybridized carbons (Fsp3) is 0.269. The average Bonchev–Trinajstić information content (AvgIpc) is 3.46. The molecule has 12 heteroatoms. The largest absolute Gasteiger partial charge is 0.433 e. The monoisotopic (exact) mass is 520 g/mol. The topological polar surface area (TPSA) is 92.1 Å². The first kappa shape index (κ1) is 23.9. The smallest absolute Gasteiger partial charge is 0.366 e. The SMILES string of the molecule is Cc1nn(C)cc1-c1ccnc(NC(=O)N2c3nc(-c4ccnc(C(F)(F)F)c4)ccc3N3CC[C@H]2C3)c1. The van der Waals surface area contributed by atoms with Crippen LogP contribution in [0, 0.1) is 6.92 Å². The summed E-state index contributed by atoms with van der Waals surface area (Å²) in [4.78, 5) is 29.8. The molecule has 194 valence electrons. The molecule has 38 heavy (non-hydrogen) atoms. The van der Waals surface area contributed by atoms with Gasteiger partial charge in [-0.05, 0) is 55.3 Å². The molecule has 0 saturated carbocycles. The number of nitrogens with zero attached hydrogens (tertiary/aromatic N) is 7. The van der Waals surface area contributed by atoms with Gasteiger partial charge in [-0.15, -0.1) is 0 Å². The molecule has 1 fully saturated rings. The second kappa shape index (κ2) is 8.82. The van der Waals surface area contributed by atoms with E-state index in [1.165, 1.54) is 6.07 Å². The molecule has 9 nitrogen and oxygen atoms in total. The van der Waals surface area contributed by atoms with E-state index in [2.05, 4.69) is 30.3 Å². The highest BCUT2D eigenvalue weighted by molar-refractivity contribution is 6.04. The molecule has 2 bridgehead atoms. The summed E-state index contributed by atoms with van der Waals surface area (Å²) < 4.78 is 41.4. The second-order valence-corrected chi connectivity index (χ2v) is 9.39. The standard InChI is InChI=1S/C26H23F3N8O/c1-15-19(14-35(2)34-15)16-5-9-31-23(12-16)33-25(38)37-18-7-10-36(13-18)21-4-3-20(32-24(21)37)17-6-8-30-22(11-17)26(27,28)29/h3-6,8-9,11-12,14,18H,7,10,13H2,1-2H3,(H,31,33,38)/t18-/m0/s1. The first-order valence-electron chi connectivity index (χ1n) is 12.0. The molecule has 0 aromatic carbocycles. The lowest BCUT2D eigenvalue weighted by molar-refractivity contribution is -0.141. The van der Waals surface area contributed by atoms with Gasteiger partial charge in [0.05, 0.1) is 23.1 Å². The van der Waals surface area contributed by atoms with Gasteiger partial charge in [-0.1, -0.05) is 0 Å². The van der Waals surface area contributed by atoms with Crippen molar-refractivity contribution in [1.82, 2.24) is 24.7 Å². The number of fused-ring (bicyclic) bond motifs is 4. The highest BCUT2D eigenvalue weighted by Gasteiger charge is 2.40. The van der Waals surface area contributed by atoms with Crippen LogP contribution in [0.25, 0.3) is 22.4 Å². The van der Waals surface area contributed by atoms with Crippen LogP contribution in [0.4, 0.5) is 35.3 Å². The Hall–Kier alpha value is -4.48. The van der Waals surface area contributed by atoms with Crippen molar-refractivity contribution in [3.8, 4) is 22.4 Å². The van der Waals surface area contributed by atoms with Crippen molar-refractivity contribution >= 4 is 23.4 Å². The van der Waals surface area contributed by atoms with Crippen molar-refractivity contribution in [2.75, 3.05) is 28.2 Å². The summed E-state index contributed by atoms with van der Waals surface area (Å²) in [5.41, 5.74) is 3.01. The highest BCUT2D eigenvalue weighted by Crippen LogP contribution is 2.41. The summed E-state index contributed by atoms with van der Waals surface area (Å²) in [7, 11) is 1.84. The highest BCUT2D eigenvalue weighted by atomic mass is 19.4. The number of nitrogens with one attached hydrogen (secondary N) is 1. The number of urea groups is 1. The van der Waals surface area contributed by atoms with Gasteiger partial charge in [0, 0.05) is 49.9 Å². The quantitative estimate of drug-likeness (QED) is 0.413. The van der Waals surface area contributed by atoms with E-state index >= 15 is 0 Å². The first-order valence-corrected chi connectivity index (χ1v) is 12.0. The molecule has 1 saturated heterocycles. The van der Waals surface area contributed by atoms with Gasteiger partial charge in [0.2, 0.25) is 0 Å². The maximum absolute atomic E-state index is 13.6. The molecule has 6 rings (SSSR count). The predicted molar refractivity (Wildman–Crippen MR) is 136 cm³/mol. The molecule has 4 aromatic heterocycles. The second-order valence-electron chi connectivity index (χ2n) is 9.39. The summed E-state index contributed by atoms with van der Waals surface area (Å²) in [6.45, 7) is 3.31. The number of rotatable bonds is 3. The third kappa shape index (κ3) is 4.21. The lowest BCUT2D eigenvalue weighted by Crippen LogP contribution is -2.48. The van der Waals surface area contributed by atoms with Gasteiger partial charge in [0.1, 0.15) is 11.5 Å². The van der Waals surface area contributed by atoms with Crippen LogP contribution < -0.4 is 15.1 Å². The zero-order valence-electron chi connectivity index (χ0n) is 20.6. The molecule has 2 aliphatic rings. The van der Waals surface area contributed by atoms with Gasteiger partial charge in [-0.25, -0.2) is 14.8 Å². The molecule has 6 heterocycles. The third-order valence-corrected chi connectivity index (χ3v) is 6.84. The molecule has 0 radical (unpaired) electrons. The Balaban J connectivity index is 1.33. The maximum atomic E-state index is 13.6. The lowest BCUT2D eigenvalue weighted by Gasteiger charge is -2.35. The van der Waals surface area contributed by atoms with Crippen molar-refractivity contribution in [3.63, 3.8) is 0 Å². The van der Waals surface area contributed by atoms with E-state index in [4.69, 9.17) is 0 Å². The number of hydrogen-bond donors (Lipinski definition) is 1. The van der Waals surface area contributed by atoms with Crippen LogP contribution in [-0.4, -0.2) is 49.9 Å². The normalized spacial score (nSPS) is 16.5. The van der Waals surface area contributed by atoms with Gasteiger partial charge in [0.15, 0.2) is 5.82 Å². The number of halogens is 3. The number of alkyl halides is 3. The van der Waals surface area contributed by atoms with Crippen molar-refractivity contribution in [1.29, 1.82) is 0 Å². The summed E-state index contributed by atoms with van der Waals surface area (Å²) in [5, 5.41) is 7.27. The Morgan fingerprint density at radius 2 is 1.87 bits per heavy atom. The summed E-state index contributed by atoms with van der Waals surface area (Å²) in [6.07, 6.45) is 0.807. The van der Waals surface area contributed by atoms with Crippen molar-refractivity contribution < 1.29 is 18.0 Å². The van der Waals surface area contributed by atoms with E-state index in [0.717, 1.165) is 47.7 Å². The molecule has 1 N–H and O–H groups in total. The molecule has 0 aliphatic carbocycles. The molecular weight excluding hydrogens is 497 g/mol. The fourth-order valence-corrected chi connectivity index (χ4v) is 5.10. The molecule has 4 aromatic rings. The van der Waals surface area contributed by atoms with Gasteiger partial charge < -0.3 is 4.90 Å². The Morgan fingerprint density at radius 3 is 2.63 bits per heavy atom. The first-order chi connectivity index (χ1) is 18.2. The van der Waals surface area contributed by atoms with E-state index in [0.29, 0.717) is 23.9 Å². The lowest BCUT2D eigenvalue weighted by atomic mass is 10.1. The van der Waals surface area contributed by atoms with Crippen molar-refractivity contribution in [3.05, 3.63) is 66.4 Å². The Kier molecular flexibility index (Phi) is 5.55. The fourth-order valence-electron chi connectivity index (χ4n) is 5.10. The molecule has 1 atom stereocenters. The minimum Gasteiger partial charge on any atom is -0.366 e. The van der Waals surface area contributed by atoms with Gasteiger partial charge in [-0.2, -0.15) is 18.3 Å². The summed E-state index contributed by atoms with van der Waals surface area (Å²) >= 11 is 0. The zero-order valence-corrected chi connectivity index (χ0v) is 20.6. The Bertz CT molecular complexity index is 1550. The molecular formula is C26H23F3N8O. The van der Waals surface area contributed by atoms with Crippen LogP contribution in [0.1, 0.15) is 17.8 Å². The number of aromatic nitrogens is 5. The van der Waals surface area contributed by atoms with Crippen LogP contribution in [-0.2, 0) is 13.2 Å². The van der Waals surface area contributed by atoms with Crippen LogP contribution >= 0.6 is 0 Å². The van der Waals surface area contributed by atoms with E-state index in [1.807, 2.05) is 26.2 Å². The molecule has 2 amide bonds. The minimum atomic E-state index is -4.57. The van der Waals surface area contributed by atoms with Crippen molar-refractivity contribution in [2.45, 2.75) is 25.6 Å². The number of carbonyl (C=O) groups excluding carboxylic acids is 1. The van der Waals surface area contributed by atoms with Crippen LogP contribution in [0.2, 0.25) is 0 Å².